The number of hydrazone groups is 1. The van der Waals surface area contributed by atoms with Crippen molar-refractivity contribution in [1.29, 1.82) is 0 Å². The topological polar surface area (TPSA) is 80.2 Å². The van der Waals surface area contributed by atoms with Gasteiger partial charge in [-0.05, 0) is 49.7 Å². The number of hydrogen-bond donors (Lipinski definition) is 2. The Labute approximate surface area is 140 Å². The molecule has 0 unspecified atom stereocenters. The van der Waals surface area contributed by atoms with Gasteiger partial charge in [-0.3, -0.25) is 4.79 Å². The number of phenols is 1. The van der Waals surface area contributed by atoms with Crippen LogP contribution in [-0.4, -0.2) is 30.4 Å². The first kappa shape index (κ1) is 17.3. The summed E-state index contributed by atoms with van der Waals surface area (Å²) in [5.41, 5.74) is 3.28. The van der Waals surface area contributed by atoms with E-state index in [0.29, 0.717) is 11.5 Å². The molecule has 0 aliphatic carbocycles. The Balaban J connectivity index is 2.09. The van der Waals surface area contributed by atoms with Gasteiger partial charge >= 0.3 is 0 Å². The molecule has 0 aliphatic rings. The standard InChI is InChI=1S/C18H20N2O4/c1-12(2)24-17-10-13(8-9-16(17)23-3)11-19-20-18(22)14-6-4-5-7-15(14)21/h4-12,21H,1-3H3,(H,20,22)/b19-11-. The maximum absolute atomic E-state index is 11.9. The summed E-state index contributed by atoms with van der Waals surface area (Å²) in [6, 6.07) is 11.6. The van der Waals surface area contributed by atoms with E-state index in [-0.39, 0.29) is 17.4 Å². The second-order valence-corrected chi connectivity index (χ2v) is 5.29. The number of benzene rings is 2. The number of carbonyl (C=O) groups is 1. The fourth-order valence-corrected chi connectivity index (χ4v) is 2.01. The highest BCUT2D eigenvalue weighted by Crippen LogP contribution is 2.28. The molecule has 0 bridgehead atoms. The average molecular weight is 328 g/mol. The van der Waals surface area contributed by atoms with E-state index in [1.807, 2.05) is 13.8 Å². The van der Waals surface area contributed by atoms with Crippen LogP contribution in [-0.2, 0) is 0 Å². The van der Waals surface area contributed by atoms with Gasteiger partial charge in [-0.1, -0.05) is 12.1 Å². The molecule has 2 aromatic rings. The number of methoxy groups -OCH3 is 1. The molecule has 0 fully saturated rings. The Morgan fingerprint density at radius 2 is 1.96 bits per heavy atom. The highest BCUT2D eigenvalue weighted by Gasteiger charge is 2.09. The van der Waals surface area contributed by atoms with Crippen LogP contribution in [0.5, 0.6) is 17.2 Å². The van der Waals surface area contributed by atoms with Gasteiger partial charge in [0.2, 0.25) is 0 Å². The van der Waals surface area contributed by atoms with E-state index in [9.17, 15) is 9.90 Å². The molecule has 0 aromatic heterocycles. The third-order valence-corrected chi connectivity index (χ3v) is 3.08. The normalized spacial score (nSPS) is 10.8. The summed E-state index contributed by atoms with van der Waals surface area (Å²) >= 11 is 0. The molecule has 2 aromatic carbocycles. The molecule has 6 heteroatoms. The van der Waals surface area contributed by atoms with Crippen molar-refractivity contribution in [3.63, 3.8) is 0 Å². The predicted octanol–water partition coefficient (Wildman–Crippen LogP) is 2.95. The Morgan fingerprint density at radius 1 is 1.21 bits per heavy atom. The number of nitrogens with zero attached hydrogens (tertiary/aromatic N) is 1. The summed E-state index contributed by atoms with van der Waals surface area (Å²) in [7, 11) is 1.57. The molecule has 6 nitrogen and oxygen atoms in total. The number of rotatable bonds is 6. The van der Waals surface area contributed by atoms with Gasteiger partial charge in [0.1, 0.15) is 5.75 Å². The Morgan fingerprint density at radius 3 is 2.62 bits per heavy atom. The number of para-hydroxylation sites is 1. The number of nitrogens with one attached hydrogen (secondary N) is 1. The number of carbonyl (C=O) groups excluding carboxylic acids is 1. The maximum atomic E-state index is 11.9. The van der Waals surface area contributed by atoms with E-state index >= 15 is 0 Å². The van der Waals surface area contributed by atoms with Gasteiger partial charge in [0.05, 0.1) is 25.0 Å². The molecule has 2 rings (SSSR count). The summed E-state index contributed by atoms with van der Waals surface area (Å²) in [5, 5.41) is 13.5. The van der Waals surface area contributed by atoms with Crippen LogP contribution in [0, 0.1) is 0 Å². The van der Waals surface area contributed by atoms with Crippen molar-refractivity contribution in [3.05, 3.63) is 53.6 Å². The van der Waals surface area contributed by atoms with Crippen molar-refractivity contribution in [1.82, 2.24) is 5.43 Å². The van der Waals surface area contributed by atoms with Gasteiger partial charge in [0.15, 0.2) is 11.5 Å². The van der Waals surface area contributed by atoms with Crippen LogP contribution < -0.4 is 14.9 Å². The maximum Gasteiger partial charge on any atom is 0.275 e. The van der Waals surface area contributed by atoms with Crippen LogP contribution in [0.15, 0.2) is 47.6 Å². The van der Waals surface area contributed by atoms with E-state index in [4.69, 9.17) is 9.47 Å². The minimum atomic E-state index is -0.489. The van der Waals surface area contributed by atoms with Crippen molar-refractivity contribution < 1.29 is 19.4 Å². The van der Waals surface area contributed by atoms with Gasteiger partial charge in [-0.2, -0.15) is 5.10 Å². The van der Waals surface area contributed by atoms with Gasteiger partial charge in [-0.15, -0.1) is 0 Å². The van der Waals surface area contributed by atoms with Gasteiger partial charge < -0.3 is 14.6 Å². The summed E-state index contributed by atoms with van der Waals surface area (Å²) < 4.78 is 10.9. The highest BCUT2D eigenvalue weighted by atomic mass is 16.5. The van der Waals surface area contributed by atoms with Crippen molar-refractivity contribution in [2.75, 3.05) is 7.11 Å². The quantitative estimate of drug-likeness (QED) is 0.631. The number of phenolic OH excluding ortho intramolecular Hbond substituents is 1. The fourth-order valence-electron chi connectivity index (χ4n) is 2.01. The van der Waals surface area contributed by atoms with Crippen LogP contribution in [0.1, 0.15) is 29.8 Å². The lowest BCUT2D eigenvalue weighted by Gasteiger charge is -2.13. The molecule has 0 saturated heterocycles. The number of ether oxygens (including phenoxy) is 2. The molecule has 2 N–H and O–H groups in total. The van der Waals surface area contributed by atoms with E-state index in [1.54, 1.807) is 37.4 Å². The summed E-state index contributed by atoms with van der Waals surface area (Å²) in [4.78, 5) is 11.9. The first-order valence-corrected chi connectivity index (χ1v) is 7.47. The van der Waals surface area contributed by atoms with Crippen LogP contribution in [0.3, 0.4) is 0 Å². The van der Waals surface area contributed by atoms with E-state index in [0.717, 1.165) is 5.56 Å². The Bertz CT molecular complexity index is 742. The molecule has 0 spiro atoms. The fraction of sp³-hybridized carbons (Fsp3) is 0.222. The van der Waals surface area contributed by atoms with Gasteiger partial charge in [0, 0.05) is 0 Å². The zero-order valence-corrected chi connectivity index (χ0v) is 13.8. The monoisotopic (exact) mass is 328 g/mol. The first-order valence-electron chi connectivity index (χ1n) is 7.47. The first-order chi connectivity index (χ1) is 11.5. The highest BCUT2D eigenvalue weighted by molar-refractivity contribution is 5.97. The van der Waals surface area contributed by atoms with Crippen LogP contribution in [0.25, 0.3) is 0 Å². The zero-order chi connectivity index (χ0) is 17.5. The molecular formula is C18H20N2O4. The van der Waals surface area contributed by atoms with Crippen LogP contribution >= 0.6 is 0 Å². The van der Waals surface area contributed by atoms with E-state index in [2.05, 4.69) is 10.5 Å². The molecular weight excluding hydrogens is 308 g/mol. The molecule has 24 heavy (non-hydrogen) atoms. The summed E-state index contributed by atoms with van der Waals surface area (Å²) in [6.07, 6.45) is 1.50. The van der Waals surface area contributed by atoms with Crippen molar-refractivity contribution in [3.8, 4) is 17.2 Å². The van der Waals surface area contributed by atoms with Crippen molar-refractivity contribution in [2.24, 2.45) is 5.10 Å². The molecule has 0 radical (unpaired) electrons. The second-order valence-electron chi connectivity index (χ2n) is 5.29. The predicted molar refractivity (Wildman–Crippen MR) is 91.9 cm³/mol. The van der Waals surface area contributed by atoms with Crippen molar-refractivity contribution in [2.45, 2.75) is 20.0 Å². The minimum absolute atomic E-state index is 0.00634. The van der Waals surface area contributed by atoms with Crippen LogP contribution in [0.4, 0.5) is 0 Å². The van der Waals surface area contributed by atoms with Crippen molar-refractivity contribution >= 4 is 12.1 Å². The SMILES string of the molecule is COc1ccc(/C=N\NC(=O)c2ccccc2O)cc1OC(C)C. The van der Waals surface area contributed by atoms with Gasteiger partial charge in [-0.25, -0.2) is 5.43 Å². The summed E-state index contributed by atoms with van der Waals surface area (Å²) in [5.74, 6) is 0.640. The number of amides is 1. The van der Waals surface area contributed by atoms with Gasteiger partial charge in [0.25, 0.3) is 5.91 Å². The molecule has 1 amide bonds. The van der Waals surface area contributed by atoms with E-state index in [1.165, 1.54) is 18.3 Å². The molecule has 0 heterocycles. The molecule has 0 aliphatic heterocycles. The number of aromatic hydroxyl groups is 1. The molecule has 0 saturated carbocycles. The second kappa shape index (κ2) is 8.01. The third-order valence-electron chi connectivity index (χ3n) is 3.08. The molecule has 126 valence electrons. The Kier molecular flexibility index (Phi) is 5.78. The third kappa shape index (κ3) is 4.49. The lowest BCUT2D eigenvalue weighted by atomic mass is 10.2. The van der Waals surface area contributed by atoms with E-state index < -0.39 is 5.91 Å². The average Bonchev–Trinajstić information content (AvgIpc) is 2.55. The molecule has 0 atom stereocenters. The summed E-state index contributed by atoms with van der Waals surface area (Å²) in [6.45, 7) is 3.85. The number of hydrogen-bond acceptors (Lipinski definition) is 5. The van der Waals surface area contributed by atoms with Crippen LogP contribution in [0.2, 0.25) is 0 Å². The minimum Gasteiger partial charge on any atom is -0.507 e. The largest absolute Gasteiger partial charge is 0.507 e. The lowest BCUT2D eigenvalue weighted by molar-refractivity contribution is 0.0952. The zero-order valence-electron chi connectivity index (χ0n) is 13.8. The Hall–Kier alpha value is -3.02. The lowest BCUT2D eigenvalue weighted by Crippen LogP contribution is -2.17. The smallest absolute Gasteiger partial charge is 0.275 e.